The van der Waals surface area contributed by atoms with E-state index in [4.69, 9.17) is 14.3 Å². The number of methoxy groups -OCH3 is 1. The molecule has 1 heterocycles. The Morgan fingerprint density at radius 3 is 2.74 bits per heavy atom. The molecule has 0 aliphatic heterocycles. The fourth-order valence-electron chi connectivity index (χ4n) is 2.07. The molecule has 0 atom stereocenters. The molecule has 0 bridgehead atoms. The summed E-state index contributed by atoms with van der Waals surface area (Å²) in [6.07, 6.45) is -0.0385. The van der Waals surface area contributed by atoms with Crippen molar-refractivity contribution in [2.75, 3.05) is 7.11 Å². The Labute approximate surface area is 113 Å². The highest BCUT2D eigenvalue weighted by Gasteiger charge is 2.28. The summed E-state index contributed by atoms with van der Waals surface area (Å²) in [7, 11) is 1.52. The third-order valence-electron chi connectivity index (χ3n) is 2.97. The summed E-state index contributed by atoms with van der Waals surface area (Å²) < 4.78 is 11.1. The molecule has 0 fully saturated rings. The molecule has 0 spiro atoms. The summed E-state index contributed by atoms with van der Waals surface area (Å²) in [6.45, 7) is 3.63. The van der Waals surface area contributed by atoms with Crippen LogP contribution in [-0.4, -0.2) is 18.2 Å². The minimum absolute atomic E-state index is 0.0385. The molecule has 2 rings (SSSR count). The van der Waals surface area contributed by atoms with Gasteiger partial charge in [-0.15, -0.1) is 0 Å². The lowest BCUT2D eigenvalue weighted by atomic mass is 9.81. The zero-order valence-electron chi connectivity index (χ0n) is 10.9. The lowest BCUT2D eigenvalue weighted by Gasteiger charge is -2.25. The Bertz CT molecular complexity index is 680. The second kappa shape index (κ2) is 4.70. The molecule has 0 amide bonds. The molecule has 0 saturated carbocycles. The van der Waals surface area contributed by atoms with E-state index in [1.165, 1.54) is 7.11 Å². The summed E-state index contributed by atoms with van der Waals surface area (Å²) in [4.78, 5) is 21.8. The molecular weight excluding hydrogens is 268 g/mol. The molecule has 1 aromatic carbocycles. The number of hydrogen-bond donors (Lipinski definition) is 1. The third kappa shape index (κ3) is 2.63. The quantitative estimate of drug-likeness (QED) is 0.932. The van der Waals surface area contributed by atoms with Crippen LogP contribution in [0.3, 0.4) is 0 Å². The van der Waals surface area contributed by atoms with Gasteiger partial charge in [-0.1, -0.05) is 25.2 Å². The normalized spacial score (nSPS) is 11.7. The minimum atomic E-state index is -0.890. The first-order valence-electron chi connectivity index (χ1n) is 5.67. The molecule has 19 heavy (non-hydrogen) atoms. The number of ether oxygens (including phenoxy) is 1. The lowest BCUT2D eigenvalue weighted by Crippen LogP contribution is -2.22. The van der Waals surface area contributed by atoms with Gasteiger partial charge in [-0.3, -0.25) is 4.79 Å². The maximum atomic E-state index is 11.2. The smallest absolute Gasteiger partial charge is 0.396 e. The average molecular weight is 282 g/mol. The van der Waals surface area contributed by atoms with E-state index in [2.05, 4.69) is 0 Å². The summed E-state index contributed by atoms with van der Waals surface area (Å²) in [6, 6.07) is 3.40. The van der Waals surface area contributed by atoms with Gasteiger partial charge in [0.1, 0.15) is 11.3 Å². The first-order chi connectivity index (χ1) is 8.83. The summed E-state index contributed by atoms with van der Waals surface area (Å²) in [5.41, 5.74) is 0.557. The van der Waals surface area contributed by atoms with Gasteiger partial charge < -0.3 is 14.3 Å². The SMILES string of the molecule is COc1cc2sc(=O)oc2cc1C(C)(C)CC(=O)O. The van der Waals surface area contributed by atoms with Gasteiger partial charge in [0.05, 0.1) is 18.2 Å². The maximum Gasteiger partial charge on any atom is 0.396 e. The number of fused-ring (bicyclic) bond motifs is 1. The van der Waals surface area contributed by atoms with Gasteiger partial charge in [-0.05, 0) is 6.07 Å². The third-order valence-corrected chi connectivity index (χ3v) is 3.76. The first kappa shape index (κ1) is 13.6. The zero-order chi connectivity index (χ0) is 14.2. The van der Waals surface area contributed by atoms with Crippen LogP contribution in [0.4, 0.5) is 0 Å². The minimum Gasteiger partial charge on any atom is -0.496 e. The highest BCUT2D eigenvalue weighted by atomic mass is 32.1. The van der Waals surface area contributed by atoms with Crippen LogP contribution in [0.25, 0.3) is 10.3 Å². The van der Waals surface area contributed by atoms with E-state index in [1.807, 2.05) is 13.8 Å². The maximum absolute atomic E-state index is 11.2. The van der Waals surface area contributed by atoms with E-state index in [9.17, 15) is 9.59 Å². The van der Waals surface area contributed by atoms with Crippen LogP contribution in [0.2, 0.25) is 0 Å². The van der Waals surface area contributed by atoms with E-state index in [-0.39, 0.29) is 11.4 Å². The second-order valence-electron chi connectivity index (χ2n) is 4.91. The van der Waals surface area contributed by atoms with Gasteiger partial charge in [0.2, 0.25) is 0 Å². The number of benzene rings is 1. The molecule has 0 radical (unpaired) electrons. The van der Waals surface area contributed by atoms with Crippen LogP contribution in [0.1, 0.15) is 25.8 Å². The Balaban J connectivity index is 2.63. The molecule has 1 N–H and O–H groups in total. The number of carboxylic acids is 1. The molecule has 0 saturated heterocycles. The van der Waals surface area contributed by atoms with Crippen molar-refractivity contribution in [2.45, 2.75) is 25.7 Å². The number of carboxylic acid groups (broad SMARTS) is 1. The molecule has 1 aromatic heterocycles. The zero-order valence-corrected chi connectivity index (χ0v) is 11.7. The van der Waals surface area contributed by atoms with Crippen LogP contribution in [-0.2, 0) is 10.2 Å². The van der Waals surface area contributed by atoms with E-state index < -0.39 is 11.4 Å². The number of rotatable bonds is 4. The standard InChI is InChI=1S/C13H14O5S/c1-13(2,6-11(14)15)7-4-9-10(5-8(7)17-3)19-12(16)18-9/h4-5H,6H2,1-3H3,(H,14,15). The molecule has 2 aromatic rings. The van der Waals surface area contributed by atoms with Crippen molar-refractivity contribution >= 4 is 27.6 Å². The molecule has 102 valence electrons. The molecule has 6 heteroatoms. The highest BCUT2D eigenvalue weighted by molar-refractivity contribution is 7.16. The summed E-state index contributed by atoms with van der Waals surface area (Å²) >= 11 is 0.996. The van der Waals surface area contributed by atoms with Crippen LogP contribution >= 0.6 is 11.3 Å². The number of carbonyl (C=O) groups is 1. The van der Waals surface area contributed by atoms with Crippen molar-refractivity contribution < 1.29 is 19.1 Å². The van der Waals surface area contributed by atoms with Crippen LogP contribution < -0.4 is 9.68 Å². The Kier molecular flexibility index (Phi) is 3.36. The van der Waals surface area contributed by atoms with Gasteiger partial charge in [0, 0.05) is 17.0 Å². The van der Waals surface area contributed by atoms with E-state index in [0.29, 0.717) is 21.6 Å². The van der Waals surface area contributed by atoms with Crippen molar-refractivity contribution in [1.82, 2.24) is 0 Å². The van der Waals surface area contributed by atoms with Crippen molar-refractivity contribution in [3.05, 3.63) is 27.4 Å². The van der Waals surface area contributed by atoms with Gasteiger partial charge in [-0.2, -0.15) is 0 Å². The predicted molar refractivity (Wildman–Crippen MR) is 72.2 cm³/mol. The van der Waals surface area contributed by atoms with Crippen molar-refractivity contribution in [3.63, 3.8) is 0 Å². The Morgan fingerprint density at radius 2 is 2.16 bits per heavy atom. The fraction of sp³-hybridized carbons (Fsp3) is 0.385. The van der Waals surface area contributed by atoms with Gasteiger partial charge in [0.25, 0.3) is 0 Å². The molecule has 0 unspecified atom stereocenters. The van der Waals surface area contributed by atoms with Gasteiger partial charge in [0.15, 0.2) is 0 Å². The van der Waals surface area contributed by atoms with E-state index in [1.54, 1.807) is 12.1 Å². The topological polar surface area (TPSA) is 76.7 Å². The summed E-state index contributed by atoms with van der Waals surface area (Å²) in [5, 5.41) is 8.98. The molecule has 0 aliphatic carbocycles. The molecular formula is C13H14O5S. The van der Waals surface area contributed by atoms with Crippen molar-refractivity contribution in [2.24, 2.45) is 0 Å². The molecule has 5 nitrogen and oxygen atoms in total. The highest BCUT2D eigenvalue weighted by Crippen LogP contribution is 2.37. The van der Waals surface area contributed by atoms with Crippen molar-refractivity contribution in [3.8, 4) is 5.75 Å². The Hall–Kier alpha value is -1.82. The van der Waals surface area contributed by atoms with E-state index >= 15 is 0 Å². The molecule has 0 aliphatic rings. The first-order valence-corrected chi connectivity index (χ1v) is 6.49. The number of aliphatic carboxylic acids is 1. The van der Waals surface area contributed by atoms with Gasteiger partial charge >= 0.3 is 10.9 Å². The van der Waals surface area contributed by atoms with Crippen LogP contribution in [0, 0.1) is 0 Å². The summed E-state index contributed by atoms with van der Waals surface area (Å²) in [5.74, 6) is -0.324. The van der Waals surface area contributed by atoms with Gasteiger partial charge in [-0.25, -0.2) is 4.79 Å². The Morgan fingerprint density at radius 1 is 1.47 bits per heavy atom. The van der Waals surface area contributed by atoms with Crippen LogP contribution in [0.15, 0.2) is 21.3 Å². The average Bonchev–Trinajstić information content (AvgIpc) is 2.64. The largest absolute Gasteiger partial charge is 0.496 e. The van der Waals surface area contributed by atoms with E-state index in [0.717, 1.165) is 11.3 Å². The monoisotopic (exact) mass is 282 g/mol. The number of hydrogen-bond acceptors (Lipinski definition) is 5. The fourth-order valence-corrected chi connectivity index (χ4v) is 2.75. The lowest BCUT2D eigenvalue weighted by molar-refractivity contribution is -0.138. The van der Waals surface area contributed by atoms with Crippen molar-refractivity contribution in [1.29, 1.82) is 0 Å². The second-order valence-corrected chi connectivity index (χ2v) is 5.89. The van der Waals surface area contributed by atoms with Crippen LogP contribution in [0.5, 0.6) is 5.75 Å². The predicted octanol–water partition coefficient (Wildman–Crippen LogP) is 2.62.